The van der Waals surface area contributed by atoms with Crippen LogP contribution in [0.4, 0.5) is 9.59 Å². The van der Waals surface area contributed by atoms with Gasteiger partial charge in [0.25, 0.3) is 0 Å². The average Bonchev–Trinajstić information content (AvgIpc) is 3.88. The van der Waals surface area contributed by atoms with Gasteiger partial charge in [-0.25, -0.2) is 19.6 Å². The van der Waals surface area contributed by atoms with Crippen molar-refractivity contribution < 1.29 is 28.6 Å². The molecule has 4 heterocycles. The van der Waals surface area contributed by atoms with Gasteiger partial charge < -0.3 is 34.4 Å². The molecule has 51 heavy (non-hydrogen) atoms. The van der Waals surface area contributed by atoms with E-state index in [1.54, 1.807) is 11.9 Å². The van der Waals surface area contributed by atoms with Crippen molar-refractivity contribution in [1.82, 2.24) is 35.1 Å². The molecule has 3 N–H and O–H groups in total. The van der Waals surface area contributed by atoms with Gasteiger partial charge in [-0.3, -0.25) is 9.69 Å². The van der Waals surface area contributed by atoms with E-state index in [1.165, 1.54) is 12.0 Å². The van der Waals surface area contributed by atoms with Crippen LogP contribution in [0.15, 0.2) is 66.9 Å². The molecule has 2 aromatic carbocycles. The Morgan fingerprint density at radius 3 is 2.35 bits per heavy atom. The van der Waals surface area contributed by atoms with E-state index in [0.717, 1.165) is 58.0 Å². The third-order valence-electron chi connectivity index (χ3n) is 8.84. The second-order valence-corrected chi connectivity index (χ2v) is 13.8. The lowest BCUT2D eigenvalue weighted by Crippen LogP contribution is -2.47. The lowest BCUT2D eigenvalue weighted by molar-refractivity contribution is -0.132. The number of nitrogens with zero attached hydrogens (tertiary/aromatic N) is 4. The van der Waals surface area contributed by atoms with Gasteiger partial charge in [-0.15, -0.1) is 0 Å². The van der Waals surface area contributed by atoms with Crippen LogP contribution in [-0.4, -0.2) is 86.8 Å². The number of rotatable bonds is 5. The summed E-state index contributed by atoms with van der Waals surface area (Å²) in [5, 5.41) is 2.61. The number of carbonyl (C=O) groups excluding carboxylic acids is 3. The number of benzene rings is 2. The van der Waals surface area contributed by atoms with Crippen LogP contribution in [0, 0.1) is 0 Å². The van der Waals surface area contributed by atoms with Crippen LogP contribution in [-0.2, 0) is 32.2 Å². The van der Waals surface area contributed by atoms with Crippen molar-refractivity contribution in [3.05, 3.63) is 84.2 Å². The Labute approximate surface area is 297 Å². The number of aromatic nitrogens is 4. The Bertz CT molecular complexity index is 1870. The molecule has 2 aliphatic heterocycles. The molecule has 2 atom stereocenters. The normalized spacial score (nSPS) is 18.5. The average molecular weight is 696 g/mol. The zero-order valence-electron chi connectivity index (χ0n) is 29.7. The molecule has 6 rings (SSSR count). The Balaban J connectivity index is 1.15. The van der Waals surface area contributed by atoms with Gasteiger partial charge in [-0.05, 0) is 56.7 Å². The highest BCUT2D eigenvalue weighted by molar-refractivity contribution is 5.85. The first-order chi connectivity index (χ1) is 24.5. The van der Waals surface area contributed by atoms with Crippen LogP contribution in [0.3, 0.4) is 0 Å². The maximum atomic E-state index is 13.2. The Morgan fingerprint density at radius 2 is 1.67 bits per heavy atom. The van der Waals surface area contributed by atoms with Gasteiger partial charge in [0, 0.05) is 19.2 Å². The molecule has 0 radical (unpaired) electrons. The largest absolute Gasteiger partial charge is 0.453 e. The molecule has 0 unspecified atom stereocenters. The minimum atomic E-state index is -0.777. The van der Waals surface area contributed by atoms with Gasteiger partial charge >= 0.3 is 12.2 Å². The van der Waals surface area contributed by atoms with Crippen LogP contribution in [0.5, 0.6) is 0 Å². The quantitative estimate of drug-likeness (QED) is 0.204. The predicted octanol–water partition coefficient (Wildman–Crippen LogP) is 6.37. The van der Waals surface area contributed by atoms with Gasteiger partial charge in [0.2, 0.25) is 5.91 Å². The van der Waals surface area contributed by atoms with Crippen molar-refractivity contribution in [1.29, 1.82) is 0 Å². The maximum Gasteiger partial charge on any atom is 0.410 e. The first-order valence-corrected chi connectivity index (χ1v) is 17.1. The van der Waals surface area contributed by atoms with E-state index in [9.17, 15) is 14.4 Å². The molecule has 1 fully saturated rings. The lowest BCUT2D eigenvalue weighted by atomic mass is 10.0. The second-order valence-electron chi connectivity index (χ2n) is 13.8. The van der Waals surface area contributed by atoms with Gasteiger partial charge in [0.1, 0.15) is 23.3 Å². The van der Waals surface area contributed by atoms with E-state index in [4.69, 9.17) is 19.2 Å². The molecule has 2 aromatic heterocycles. The number of alkyl carbamates (subject to hydrolysis) is 1. The van der Waals surface area contributed by atoms with Gasteiger partial charge in [0.05, 0.1) is 56.2 Å². The van der Waals surface area contributed by atoms with Crippen molar-refractivity contribution >= 4 is 18.1 Å². The summed E-state index contributed by atoms with van der Waals surface area (Å²) in [5.41, 5.74) is 5.90. The van der Waals surface area contributed by atoms with E-state index in [-0.39, 0.29) is 24.6 Å². The Morgan fingerprint density at radius 1 is 0.980 bits per heavy atom. The summed E-state index contributed by atoms with van der Waals surface area (Å²) in [4.78, 5) is 57.4. The summed E-state index contributed by atoms with van der Waals surface area (Å²) >= 11 is 0. The number of aromatic amines is 2. The number of carbonyl (C=O) groups is 3. The van der Waals surface area contributed by atoms with Crippen molar-refractivity contribution in [2.45, 2.75) is 70.9 Å². The topological polar surface area (TPSA) is 155 Å². The summed E-state index contributed by atoms with van der Waals surface area (Å²) in [6.45, 7) is 7.14. The second kappa shape index (κ2) is 15.2. The number of imidazole rings is 2. The Hall–Kier alpha value is -5.43. The Kier molecular flexibility index (Phi) is 10.6. The molecule has 4 aromatic rings. The van der Waals surface area contributed by atoms with E-state index >= 15 is 0 Å². The number of H-pyrrole nitrogens is 2. The highest BCUT2D eigenvalue weighted by Gasteiger charge is 2.35. The van der Waals surface area contributed by atoms with Gasteiger partial charge in [-0.1, -0.05) is 60.7 Å². The molecular formula is C38H45N7O6. The van der Waals surface area contributed by atoms with Crippen LogP contribution >= 0.6 is 0 Å². The summed E-state index contributed by atoms with van der Waals surface area (Å²) in [6.07, 6.45) is 6.53. The molecule has 3 amide bonds. The SMILES string of the molecule is COC(=O)N[C@H]1CC=CCOCc2[nH]c(nc2-c2ccc(-c3ccc(-c4cnc([C@@H]5CCCN5C(=O)OC(C)(C)C)[nH]4)cc3)cc2)CN(C)C1=O. The number of hydrogen-bond donors (Lipinski definition) is 3. The number of ether oxygens (including phenoxy) is 3. The molecule has 2 bridgehead atoms. The molecule has 2 aliphatic rings. The van der Waals surface area contributed by atoms with E-state index in [0.29, 0.717) is 32.0 Å². The van der Waals surface area contributed by atoms with Gasteiger partial charge in [-0.2, -0.15) is 0 Å². The zero-order chi connectivity index (χ0) is 36.1. The molecule has 1 saturated heterocycles. The van der Waals surface area contributed by atoms with E-state index < -0.39 is 17.7 Å². The maximum absolute atomic E-state index is 13.2. The number of nitrogens with one attached hydrogen (secondary N) is 3. The zero-order valence-corrected chi connectivity index (χ0v) is 29.7. The number of methoxy groups -OCH3 is 1. The fourth-order valence-corrected chi connectivity index (χ4v) is 6.31. The molecule has 0 saturated carbocycles. The summed E-state index contributed by atoms with van der Waals surface area (Å²) in [7, 11) is 2.94. The van der Waals surface area contributed by atoms with Gasteiger partial charge in [0.15, 0.2) is 0 Å². The summed E-state index contributed by atoms with van der Waals surface area (Å²) in [5.74, 6) is 1.11. The van der Waals surface area contributed by atoms with Crippen molar-refractivity contribution in [2.75, 3.05) is 27.3 Å². The molecule has 0 aliphatic carbocycles. The number of likely N-dealkylation sites (tertiary alicyclic amines) is 1. The highest BCUT2D eigenvalue weighted by Crippen LogP contribution is 2.34. The monoisotopic (exact) mass is 695 g/mol. The molecular weight excluding hydrogens is 650 g/mol. The van der Waals surface area contributed by atoms with Crippen LogP contribution in [0.1, 0.15) is 63.4 Å². The highest BCUT2D eigenvalue weighted by atomic mass is 16.6. The van der Waals surface area contributed by atoms with Crippen molar-refractivity contribution in [2.24, 2.45) is 0 Å². The minimum Gasteiger partial charge on any atom is -0.453 e. The molecule has 13 nitrogen and oxygen atoms in total. The molecule has 268 valence electrons. The lowest BCUT2D eigenvalue weighted by Gasteiger charge is -2.27. The van der Waals surface area contributed by atoms with Crippen LogP contribution in [0.2, 0.25) is 0 Å². The van der Waals surface area contributed by atoms with E-state index in [2.05, 4.69) is 56.7 Å². The number of hydrogen-bond acceptors (Lipinski definition) is 8. The van der Waals surface area contributed by atoms with Crippen LogP contribution < -0.4 is 5.32 Å². The third kappa shape index (κ3) is 8.48. The summed E-state index contributed by atoms with van der Waals surface area (Å²) < 4.78 is 16.2. The van der Waals surface area contributed by atoms with Crippen LogP contribution in [0.25, 0.3) is 33.6 Å². The van der Waals surface area contributed by atoms with Crippen molar-refractivity contribution in [3.63, 3.8) is 0 Å². The fourth-order valence-electron chi connectivity index (χ4n) is 6.31. The summed E-state index contributed by atoms with van der Waals surface area (Å²) in [6, 6.07) is 15.5. The number of likely N-dealkylation sites (N-methyl/N-ethyl adjacent to an activating group) is 1. The smallest absolute Gasteiger partial charge is 0.410 e. The molecule has 13 heteroatoms. The third-order valence-corrected chi connectivity index (χ3v) is 8.84. The number of fused-ring (bicyclic) bond motifs is 2. The number of amides is 3. The minimum absolute atomic E-state index is 0.141. The predicted molar refractivity (Wildman–Crippen MR) is 191 cm³/mol. The first kappa shape index (κ1) is 35.4. The molecule has 0 spiro atoms. The standard InChI is InChI=1S/C38H45N7O6/c1-38(2,3)51-37(48)45-19-8-10-31(45)34-39-21-29(41-34)26-15-11-24(12-16-26)25-13-17-27(18-14-25)33-30-23-50-20-7-6-9-28(42-36(47)49-5)35(46)44(4)22-32(40-30)43-33/h6-7,11-18,21,28,31H,8-10,19-20,22-23H2,1-5H3,(H,39,41)(H,40,43)(H,42,47)/t28-,31-/m0/s1. The van der Waals surface area contributed by atoms with E-state index in [1.807, 2.05) is 51.3 Å². The first-order valence-electron chi connectivity index (χ1n) is 17.1. The van der Waals surface area contributed by atoms with Crippen molar-refractivity contribution in [3.8, 4) is 33.6 Å². The fraction of sp³-hybridized carbons (Fsp3) is 0.395.